The van der Waals surface area contributed by atoms with Crippen LogP contribution in [0.5, 0.6) is 5.75 Å². The van der Waals surface area contributed by atoms with Crippen molar-refractivity contribution < 1.29 is 9.53 Å². The number of benzene rings is 3. The lowest BCUT2D eigenvalue weighted by atomic mass is 10.2. The average molecular weight is 330 g/mol. The maximum atomic E-state index is 11.1. The van der Waals surface area contributed by atoms with E-state index in [2.05, 4.69) is 46.5 Å². The Morgan fingerprint density at radius 1 is 0.920 bits per heavy atom. The van der Waals surface area contributed by atoms with Gasteiger partial charge in [-0.2, -0.15) is 0 Å². The van der Waals surface area contributed by atoms with Crippen molar-refractivity contribution in [2.45, 2.75) is 13.8 Å². The van der Waals surface area contributed by atoms with Gasteiger partial charge in [-0.15, -0.1) is 0 Å². The lowest BCUT2D eigenvalue weighted by Gasteiger charge is -2.14. The molecule has 0 aliphatic carbocycles. The molecule has 4 rings (SSSR count). The van der Waals surface area contributed by atoms with E-state index in [1.165, 1.54) is 17.7 Å². The molecule has 4 heteroatoms. The van der Waals surface area contributed by atoms with E-state index < -0.39 is 0 Å². The van der Waals surface area contributed by atoms with Crippen LogP contribution in [0.2, 0.25) is 0 Å². The molecule has 0 bridgehead atoms. The Morgan fingerprint density at radius 3 is 2.08 bits per heavy atom. The summed E-state index contributed by atoms with van der Waals surface area (Å²) in [6.45, 7) is 3.39. The van der Waals surface area contributed by atoms with E-state index in [0.29, 0.717) is 5.75 Å². The van der Waals surface area contributed by atoms with E-state index >= 15 is 0 Å². The molecule has 0 saturated carbocycles. The van der Waals surface area contributed by atoms with Crippen molar-refractivity contribution in [1.29, 1.82) is 0 Å². The quantitative estimate of drug-likeness (QED) is 0.429. The largest absolute Gasteiger partial charge is 0.427 e. The van der Waals surface area contributed by atoms with Crippen molar-refractivity contribution in [3.05, 3.63) is 72.3 Å². The summed E-state index contributed by atoms with van der Waals surface area (Å²) in [5.74, 6) is 0.236. The van der Waals surface area contributed by atoms with Gasteiger partial charge in [-0.25, -0.2) is 0 Å². The highest BCUT2D eigenvalue weighted by Crippen LogP contribution is 2.30. The highest BCUT2D eigenvalue weighted by molar-refractivity contribution is 6.08. The Hall–Kier alpha value is -3.27. The van der Waals surface area contributed by atoms with E-state index in [4.69, 9.17) is 4.74 Å². The van der Waals surface area contributed by atoms with Crippen LogP contribution in [-0.2, 0) is 4.79 Å². The number of aromatic nitrogens is 1. The molecular formula is C21H18N2O2. The molecule has 0 aliphatic rings. The second kappa shape index (κ2) is 5.98. The molecule has 4 aromatic rings. The number of anilines is 1. The zero-order valence-electron chi connectivity index (χ0n) is 14.1. The van der Waals surface area contributed by atoms with Gasteiger partial charge < -0.3 is 4.74 Å². The van der Waals surface area contributed by atoms with E-state index in [1.807, 2.05) is 31.2 Å². The standard InChI is InChI=1S/C21H18N2O2/c1-14-13-16(25-15(2)24)11-12-19(14)22-23-20-9-5-3-7-17(20)18-8-4-6-10-21(18)23/h3-13,22H,1-2H3. The number of carbonyl (C=O) groups is 1. The van der Waals surface area contributed by atoms with Crippen LogP contribution in [-0.4, -0.2) is 10.6 Å². The lowest BCUT2D eigenvalue weighted by Crippen LogP contribution is -2.10. The fourth-order valence-corrected chi connectivity index (χ4v) is 3.15. The van der Waals surface area contributed by atoms with Crippen LogP contribution >= 0.6 is 0 Å². The van der Waals surface area contributed by atoms with Crippen molar-refractivity contribution in [3.63, 3.8) is 0 Å². The molecule has 4 nitrogen and oxygen atoms in total. The highest BCUT2D eigenvalue weighted by atomic mass is 16.5. The summed E-state index contributed by atoms with van der Waals surface area (Å²) in [5, 5.41) is 2.42. The summed E-state index contributed by atoms with van der Waals surface area (Å²) < 4.78 is 7.25. The number of rotatable bonds is 3. The zero-order valence-corrected chi connectivity index (χ0v) is 14.1. The number of esters is 1. The van der Waals surface area contributed by atoms with Crippen molar-refractivity contribution in [1.82, 2.24) is 4.68 Å². The third kappa shape index (κ3) is 2.72. The predicted molar refractivity (Wildman–Crippen MR) is 101 cm³/mol. The number of ether oxygens (including phenoxy) is 1. The first-order valence-electron chi connectivity index (χ1n) is 8.18. The summed E-state index contributed by atoms with van der Waals surface area (Å²) in [6.07, 6.45) is 0. The van der Waals surface area contributed by atoms with E-state index in [0.717, 1.165) is 22.3 Å². The number of hydrogen-bond acceptors (Lipinski definition) is 3. The summed E-state index contributed by atoms with van der Waals surface area (Å²) >= 11 is 0. The van der Waals surface area contributed by atoms with Gasteiger partial charge in [0, 0.05) is 17.7 Å². The normalized spacial score (nSPS) is 11.0. The number of carbonyl (C=O) groups excluding carboxylic acids is 1. The van der Waals surface area contributed by atoms with Crippen molar-refractivity contribution in [2.24, 2.45) is 0 Å². The molecular weight excluding hydrogens is 312 g/mol. The molecule has 25 heavy (non-hydrogen) atoms. The Morgan fingerprint density at radius 2 is 1.52 bits per heavy atom. The maximum Gasteiger partial charge on any atom is 0.308 e. The smallest absolute Gasteiger partial charge is 0.308 e. The van der Waals surface area contributed by atoms with Gasteiger partial charge in [0.1, 0.15) is 5.75 Å². The van der Waals surface area contributed by atoms with Crippen molar-refractivity contribution in [3.8, 4) is 5.75 Å². The monoisotopic (exact) mass is 330 g/mol. The predicted octanol–water partition coefficient (Wildman–Crippen LogP) is 4.90. The minimum Gasteiger partial charge on any atom is -0.427 e. The molecule has 124 valence electrons. The van der Waals surface area contributed by atoms with E-state index in [-0.39, 0.29) is 5.97 Å². The Labute approximate surface area is 145 Å². The first-order chi connectivity index (χ1) is 12.1. The van der Waals surface area contributed by atoms with Crippen LogP contribution in [0.3, 0.4) is 0 Å². The van der Waals surface area contributed by atoms with Crippen molar-refractivity contribution in [2.75, 3.05) is 5.43 Å². The van der Waals surface area contributed by atoms with Gasteiger partial charge >= 0.3 is 5.97 Å². The maximum absolute atomic E-state index is 11.1. The van der Waals surface area contributed by atoms with Gasteiger partial charge in [0.05, 0.1) is 16.7 Å². The highest BCUT2D eigenvalue weighted by Gasteiger charge is 2.11. The molecule has 0 fully saturated rings. The summed E-state index contributed by atoms with van der Waals surface area (Å²) in [6, 6.07) is 22.2. The van der Waals surface area contributed by atoms with Crippen LogP contribution in [0.1, 0.15) is 12.5 Å². The number of aryl methyl sites for hydroxylation is 1. The van der Waals surface area contributed by atoms with Crippen LogP contribution in [0.15, 0.2) is 66.7 Å². The van der Waals surface area contributed by atoms with Crippen LogP contribution < -0.4 is 10.2 Å². The topological polar surface area (TPSA) is 43.3 Å². The summed E-state index contributed by atoms with van der Waals surface area (Å²) in [4.78, 5) is 11.1. The minimum atomic E-state index is -0.317. The van der Waals surface area contributed by atoms with Crippen molar-refractivity contribution >= 4 is 33.5 Å². The number of fused-ring (bicyclic) bond motifs is 3. The molecule has 3 aromatic carbocycles. The molecule has 0 atom stereocenters. The number of para-hydroxylation sites is 2. The first kappa shape index (κ1) is 15.3. The minimum absolute atomic E-state index is 0.317. The molecule has 1 heterocycles. The van der Waals surface area contributed by atoms with Gasteiger partial charge in [-0.3, -0.25) is 14.9 Å². The van der Waals surface area contributed by atoms with Gasteiger partial charge in [-0.1, -0.05) is 36.4 Å². The van der Waals surface area contributed by atoms with Crippen LogP contribution in [0, 0.1) is 6.92 Å². The second-order valence-corrected chi connectivity index (χ2v) is 6.05. The molecule has 1 aromatic heterocycles. The van der Waals surface area contributed by atoms with Crippen LogP contribution in [0.4, 0.5) is 5.69 Å². The third-order valence-corrected chi connectivity index (χ3v) is 4.27. The molecule has 0 amide bonds. The van der Waals surface area contributed by atoms with Crippen LogP contribution in [0.25, 0.3) is 21.8 Å². The Balaban J connectivity index is 1.81. The molecule has 0 aliphatic heterocycles. The average Bonchev–Trinajstić information content (AvgIpc) is 2.91. The number of nitrogens with one attached hydrogen (secondary N) is 1. The summed E-state index contributed by atoms with van der Waals surface area (Å²) in [7, 11) is 0. The van der Waals surface area contributed by atoms with E-state index in [1.54, 1.807) is 6.07 Å². The molecule has 1 N–H and O–H groups in total. The Kier molecular flexibility index (Phi) is 3.65. The third-order valence-electron chi connectivity index (χ3n) is 4.27. The van der Waals surface area contributed by atoms with E-state index in [9.17, 15) is 4.79 Å². The summed E-state index contributed by atoms with van der Waals surface area (Å²) in [5.41, 5.74) is 7.69. The molecule has 0 saturated heterocycles. The SMILES string of the molecule is CC(=O)Oc1ccc(Nn2c3ccccc3c3ccccc32)c(C)c1. The second-order valence-electron chi connectivity index (χ2n) is 6.05. The van der Waals surface area contributed by atoms with Gasteiger partial charge in [0.15, 0.2) is 0 Å². The van der Waals surface area contributed by atoms with Gasteiger partial charge in [0.2, 0.25) is 0 Å². The molecule has 0 unspecified atom stereocenters. The first-order valence-corrected chi connectivity index (χ1v) is 8.18. The fraction of sp³-hybridized carbons (Fsp3) is 0.0952. The molecule has 0 radical (unpaired) electrons. The number of nitrogens with zero attached hydrogens (tertiary/aromatic N) is 1. The fourth-order valence-electron chi connectivity index (χ4n) is 3.15. The zero-order chi connectivity index (χ0) is 17.4. The van der Waals surface area contributed by atoms with Gasteiger partial charge in [-0.05, 0) is 42.8 Å². The number of hydrogen-bond donors (Lipinski definition) is 1. The lowest BCUT2D eigenvalue weighted by molar-refractivity contribution is -0.131. The molecule has 0 spiro atoms. The van der Waals surface area contributed by atoms with Gasteiger partial charge in [0.25, 0.3) is 0 Å². The Bertz CT molecular complexity index is 1040.